The van der Waals surface area contributed by atoms with Crippen molar-refractivity contribution >= 4 is 23.5 Å². The molecule has 10 nitrogen and oxygen atoms in total. The average Bonchev–Trinajstić information content (AvgIpc) is 3.44. The molecule has 0 bridgehead atoms. The predicted molar refractivity (Wildman–Crippen MR) is 136 cm³/mol. The van der Waals surface area contributed by atoms with E-state index in [1.165, 1.54) is 23.8 Å². The highest BCUT2D eigenvalue weighted by molar-refractivity contribution is 6.30. The van der Waals surface area contributed by atoms with Crippen LogP contribution in [0, 0.1) is 0 Å². The zero-order chi connectivity index (χ0) is 27.0. The number of aliphatic hydroxyl groups is 2. The number of aliphatic carboxylic acids is 1. The fourth-order valence-corrected chi connectivity index (χ4v) is 5.90. The van der Waals surface area contributed by atoms with Crippen LogP contribution in [-0.2, 0) is 21.7 Å². The molecule has 2 aromatic carbocycles. The lowest BCUT2D eigenvalue weighted by molar-refractivity contribution is -0.141. The fourth-order valence-electron chi connectivity index (χ4n) is 5.70. The number of likely N-dealkylation sites (tertiary alicyclic amines) is 2. The Labute approximate surface area is 224 Å². The zero-order valence-electron chi connectivity index (χ0n) is 20.8. The first-order valence-electron chi connectivity index (χ1n) is 12.7. The van der Waals surface area contributed by atoms with Crippen molar-refractivity contribution in [2.24, 2.45) is 0 Å². The summed E-state index contributed by atoms with van der Waals surface area (Å²) in [5, 5.41) is 40.7. The number of carbonyl (C=O) groups excluding carboxylic acids is 1. The molecule has 0 aliphatic carbocycles. The standard InChI is InChI=1S/C27H31ClN2O8/c28-17-1-4-22-16(9-17)14-38-27(22)5-7-29(8-6-27)12-20(33)15-37-24-11-18(31)2-3-21(24)25(34)30-13-19(32)10-23(30)26(35)36/h1-4,9,11,19-20,23,31-33H,5-8,10,12-15H2,(H,35,36)/t19-,20-,23+/m1/s1. The molecule has 1 spiro atoms. The minimum atomic E-state index is -1.20. The summed E-state index contributed by atoms with van der Waals surface area (Å²) in [6.07, 6.45) is -0.298. The van der Waals surface area contributed by atoms with Crippen LogP contribution in [0.25, 0.3) is 0 Å². The molecule has 2 aromatic rings. The number of benzene rings is 2. The summed E-state index contributed by atoms with van der Waals surface area (Å²) in [4.78, 5) is 27.9. The van der Waals surface area contributed by atoms with Crippen LogP contribution in [0.2, 0.25) is 5.02 Å². The monoisotopic (exact) mass is 546 g/mol. The molecule has 11 heteroatoms. The molecule has 2 saturated heterocycles. The SMILES string of the molecule is O=C(O)[C@@H]1C[C@@H](O)CN1C(=O)c1ccc(O)cc1OC[C@H](O)CN1CCC2(CC1)OCc1cc(Cl)ccc12. The van der Waals surface area contributed by atoms with Gasteiger partial charge in [-0.1, -0.05) is 17.7 Å². The number of fused-ring (bicyclic) bond motifs is 2. The first kappa shape index (κ1) is 26.7. The fraction of sp³-hybridized carbons (Fsp3) is 0.481. The van der Waals surface area contributed by atoms with E-state index in [-0.39, 0.29) is 42.2 Å². The Morgan fingerprint density at radius 2 is 1.95 bits per heavy atom. The number of piperidine rings is 1. The van der Waals surface area contributed by atoms with Gasteiger partial charge in [0.1, 0.15) is 30.3 Å². The van der Waals surface area contributed by atoms with Gasteiger partial charge in [-0.2, -0.15) is 0 Å². The largest absolute Gasteiger partial charge is 0.508 e. The number of phenolic OH excluding ortho intramolecular Hbond substituents is 1. The Bertz CT molecular complexity index is 1220. The van der Waals surface area contributed by atoms with Gasteiger partial charge in [-0.25, -0.2) is 4.79 Å². The number of carboxylic acids is 1. The van der Waals surface area contributed by atoms with Gasteiger partial charge >= 0.3 is 5.97 Å². The average molecular weight is 547 g/mol. The van der Waals surface area contributed by atoms with E-state index in [0.717, 1.165) is 36.4 Å². The molecule has 38 heavy (non-hydrogen) atoms. The summed E-state index contributed by atoms with van der Waals surface area (Å²) in [6, 6.07) is 8.64. The summed E-state index contributed by atoms with van der Waals surface area (Å²) in [6.45, 7) is 2.10. The molecule has 3 aliphatic rings. The maximum atomic E-state index is 13.1. The highest BCUT2D eigenvalue weighted by atomic mass is 35.5. The highest BCUT2D eigenvalue weighted by Crippen LogP contribution is 2.44. The molecule has 5 rings (SSSR count). The van der Waals surface area contributed by atoms with Crippen LogP contribution in [0.15, 0.2) is 36.4 Å². The third-order valence-electron chi connectivity index (χ3n) is 7.65. The van der Waals surface area contributed by atoms with E-state index in [9.17, 15) is 30.0 Å². The van der Waals surface area contributed by atoms with Crippen LogP contribution in [-0.4, -0.2) is 93.1 Å². The molecule has 1 amide bonds. The van der Waals surface area contributed by atoms with Crippen LogP contribution < -0.4 is 4.74 Å². The van der Waals surface area contributed by atoms with Gasteiger partial charge in [0.05, 0.1) is 23.9 Å². The maximum Gasteiger partial charge on any atom is 0.326 e. The predicted octanol–water partition coefficient (Wildman–Crippen LogP) is 1.97. The number of carboxylic acid groups (broad SMARTS) is 1. The molecule has 0 aromatic heterocycles. The van der Waals surface area contributed by atoms with E-state index in [4.69, 9.17) is 21.1 Å². The second kappa shape index (κ2) is 10.7. The lowest BCUT2D eigenvalue weighted by Gasteiger charge is -2.39. The molecule has 0 saturated carbocycles. The molecule has 3 aliphatic heterocycles. The van der Waals surface area contributed by atoms with Crippen molar-refractivity contribution in [2.45, 2.75) is 49.7 Å². The minimum absolute atomic E-state index is 0.0341. The zero-order valence-corrected chi connectivity index (χ0v) is 21.5. The smallest absolute Gasteiger partial charge is 0.326 e. The Morgan fingerprint density at radius 3 is 2.68 bits per heavy atom. The molecular weight excluding hydrogens is 516 g/mol. The van der Waals surface area contributed by atoms with Crippen molar-refractivity contribution in [3.63, 3.8) is 0 Å². The first-order valence-corrected chi connectivity index (χ1v) is 13.0. The van der Waals surface area contributed by atoms with E-state index >= 15 is 0 Å². The second-order valence-electron chi connectivity index (χ2n) is 10.2. The molecular formula is C27H31ClN2O8. The Hall–Kier alpha value is -2.89. The third kappa shape index (κ3) is 5.32. The molecule has 4 N–H and O–H groups in total. The molecule has 204 valence electrons. The molecule has 0 unspecified atom stereocenters. The number of aliphatic hydroxyl groups excluding tert-OH is 2. The highest BCUT2D eigenvalue weighted by Gasteiger charge is 2.43. The van der Waals surface area contributed by atoms with Gasteiger partial charge in [0.25, 0.3) is 5.91 Å². The van der Waals surface area contributed by atoms with Gasteiger partial charge in [0.15, 0.2) is 0 Å². The van der Waals surface area contributed by atoms with Gasteiger partial charge in [-0.05, 0) is 48.2 Å². The third-order valence-corrected chi connectivity index (χ3v) is 7.88. The topological polar surface area (TPSA) is 140 Å². The Kier molecular flexibility index (Phi) is 7.52. The summed E-state index contributed by atoms with van der Waals surface area (Å²) >= 11 is 6.13. The van der Waals surface area contributed by atoms with Gasteiger partial charge in [0, 0.05) is 43.7 Å². The normalized spacial score (nSPS) is 23.4. The number of nitrogens with zero attached hydrogens (tertiary/aromatic N) is 2. The number of hydrogen-bond acceptors (Lipinski definition) is 8. The van der Waals surface area contributed by atoms with E-state index in [2.05, 4.69) is 4.90 Å². The van der Waals surface area contributed by atoms with E-state index in [0.29, 0.717) is 18.2 Å². The quantitative estimate of drug-likeness (QED) is 0.410. The van der Waals surface area contributed by atoms with Crippen molar-refractivity contribution < 1.29 is 39.5 Å². The van der Waals surface area contributed by atoms with Crippen molar-refractivity contribution in [3.8, 4) is 11.5 Å². The molecule has 2 fully saturated rings. The first-order chi connectivity index (χ1) is 18.1. The van der Waals surface area contributed by atoms with Crippen LogP contribution >= 0.6 is 11.6 Å². The number of ether oxygens (including phenoxy) is 2. The van der Waals surface area contributed by atoms with Crippen LogP contribution in [0.5, 0.6) is 11.5 Å². The number of carbonyl (C=O) groups is 2. The summed E-state index contributed by atoms with van der Waals surface area (Å²) < 4.78 is 11.9. The van der Waals surface area contributed by atoms with Gasteiger partial charge in [-0.15, -0.1) is 0 Å². The summed E-state index contributed by atoms with van der Waals surface area (Å²) in [7, 11) is 0. The number of hydrogen-bond donors (Lipinski definition) is 4. The number of halogens is 1. The van der Waals surface area contributed by atoms with Gasteiger partial charge in [-0.3, -0.25) is 4.79 Å². The van der Waals surface area contributed by atoms with Crippen molar-refractivity contribution in [2.75, 3.05) is 32.8 Å². The van der Waals surface area contributed by atoms with Gasteiger partial charge in [0.2, 0.25) is 0 Å². The summed E-state index contributed by atoms with van der Waals surface area (Å²) in [5.74, 6) is -1.93. The second-order valence-corrected chi connectivity index (χ2v) is 10.7. The van der Waals surface area contributed by atoms with E-state index < -0.39 is 30.1 Å². The summed E-state index contributed by atoms with van der Waals surface area (Å²) in [5.41, 5.74) is 2.02. The van der Waals surface area contributed by atoms with Crippen molar-refractivity contribution in [1.82, 2.24) is 9.80 Å². The molecule has 3 atom stereocenters. The number of β-amino-alcohol motifs (C(OH)–C–C–N with tert-alkyl or cyclic N) is 2. The lowest BCUT2D eigenvalue weighted by atomic mass is 9.84. The Balaban J connectivity index is 1.18. The van der Waals surface area contributed by atoms with Crippen LogP contribution in [0.1, 0.15) is 40.7 Å². The maximum absolute atomic E-state index is 13.1. The Morgan fingerprint density at radius 1 is 1.18 bits per heavy atom. The van der Waals surface area contributed by atoms with Crippen LogP contribution in [0.3, 0.4) is 0 Å². The molecule has 3 heterocycles. The lowest BCUT2D eigenvalue weighted by Crippen LogP contribution is -2.46. The molecule has 0 radical (unpaired) electrons. The van der Waals surface area contributed by atoms with E-state index in [1.807, 2.05) is 18.2 Å². The van der Waals surface area contributed by atoms with E-state index in [1.54, 1.807) is 0 Å². The van der Waals surface area contributed by atoms with Crippen LogP contribution in [0.4, 0.5) is 0 Å². The minimum Gasteiger partial charge on any atom is -0.508 e. The number of aromatic hydroxyl groups is 1. The van der Waals surface area contributed by atoms with Crippen molar-refractivity contribution in [3.05, 3.63) is 58.1 Å². The van der Waals surface area contributed by atoms with Gasteiger partial charge < -0.3 is 39.7 Å². The number of amides is 1. The van der Waals surface area contributed by atoms with Crippen molar-refractivity contribution in [1.29, 1.82) is 0 Å². The number of rotatable bonds is 7. The number of phenols is 1.